The monoisotopic (exact) mass is 375 g/mol. The van der Waals surface area contributed by atoms with E-state index in [1.807, 2.05) is 19.2 Å². The van der Waals surface area contributed by atoms with Gasteiger partial charge in [-0.3, -0.25) is 4.90 Å². The second-order valence-corrected chi connectivity index (χ2v) is 6.22. The Morgan fingerprint density at radius 2 is 2.04 bits per heavy atom. The fraction of sp³-hybridized carbons (Fsp3) is 0.471. The van der Waals surface area contributed by atoms with Gasteiger partial charge in [0, 0.05) is 24.5 Å². The third-order valence-electron chi connectivity index (χ3n) is 4.44. The van der Waals surface area contributed by atoms with Gasteiger partial charge in [0.15, 0.2) is 0 Å². The molecule has 1 aliphatic heterocycles. The van der Waals surface area contributed by atoms with E-state index in [0.717, 1.165) is 46.8 Å². The summed E-state index contributed by atoms with van der Waals surface area (Å²) in [6.45, 7) is 5.10. The van der Waals surface area contributed by atoms with E-state index in [2.05, 4.69) is 29.3 Å². The second kappa shape index (κ2) is 9.05. The van der Waals surface area contributed by atoms with Gasteiger partial charge >= 0.3 is 0 Å². The number of fused-ring (bicyclic) bond motifs is 1. The number of para-hydroxylation sites is 1. The summed E-state index contributed by atoms with van der Waals surface area (Å²) in [6, 6.07) is 8.83. The summed E-state index contributed by atoms with van der Waals surface area (Å²) in [4.78, 5) is 7.30. The van der Waals surface area contributed by atoms with E-state index >= 15 is 0 Å². The van der Waals surface area contributed by atoms with E-state index in [1.165, 1.54) is 12.8 Å². The number of hydrogen-bond acceptors (Lipinski definition) is 3. The van der Waals surface area contributed by atoms with E-state index in [0.29, 0.717) is 6.04 Å². The number of halogens is 3. The summed E-state index contributed by atoms with van der Waals surface area (Å²) in [6.07, 6.45) is 2.52. The van der Waals surface area contributed by atoms with Crippen molar-refractivity contribution < 1.29 is 0 Å². The minimum Gasteiger partial charge on any atom is -0.318 e. The average molecular weight is 377 g/mol. The molecular formula is C17H24Cl3N3. The van der Waals surface area contributed by atoms with Crippen molar-refractivity contribution in [1.29, 1.82) is 0 Å². The Labute approximate surface area is 155 Å². The summed E-state index contributed by atoms with van der Waals surface area (Å²) in [5.41, 5.74) is 3.19. The maximum absolute atomic E-state index is 6.57. The molecule has 1 aromatic carbocycles. The van der Waals surface area contributed by atoms with Gasteiger partial charge < -0.3 is 5.32 Å². The van der Waals surface area contributed by atoms with Crippen molar-refractivity contribution in [2.75, 3.05) is 20.1 Å². The van der Waals surface area contributed by atoms with Crippen molar-refractivity contribution in [3.8, 4) is 0 Å². The van der Waals surface area contributed by atoms with Gasteiger partial charge in [0.25, 0.3) is 0 Å². The van der Waals surface area contributed by atoms with Crippen molar-refractivity contribution in [3.63, 3.8) is 0 Å². The first-order valence-corrected chi connectivity index (χ1v) is 8.01. The van der Waals surface area contributed by atoms with Gasteiger partial charge in [-0.1, -0.05) is 29.8 Å². The van der Waals surface area contributed by atoms with Gasteiger partial charge in [-0.25, -0.2) is 4.98 Å². The molecule has 0 aliphatic carbocycles. The highest BCUT2D eigenvalue weighted by Crippen LogP contribution is 2.29. The predicted molar refractivity (Wildman–Crippen MR) is 103 cm³/mol. The number of likely N-dealkylation sites (N-methyl/N-ethyl adjacent to an activating group) is 1. The Bertz CT molecular complexity index is 648. The zero-order valence-electron chi connectivity index (χ0n) is 13.5. The molecule has 3 rings (SSSR count). The molecule has 1 aliphatic rings. The van der Waals surface area contributed by atoms with Gasteiger partial charge in [-0.2, -0.15) is 0 Å². The molecule has 0 saturated carbocycles. The topological polar surface area (TPSA) is 28.2 Å². The number of likely N-dealkylation sites (tertiary alicyclic amines) is 1. The minimum absolute atomic E-state index is 0. The summed E-state index contributed by atoms with van der Waals surface area (Å²) < 4.78 is 0. The first-order valence-electron chi connectivity index (χ1n) is 7.63. The van der Waals surface area contributed by atoms with E-state index in [9.17, 15) is 0 Å². The molecule has 128 valence electrons. The van der Waals surface area contributed by atoms with Gasteiger partial charge in [0.1, 0.15) is 0 Å². The minimum atomic E-state index is 0. The van der Waals surface area contributed by atoms with Crippen LogP contribution in [-0.2, 0) is 6.54 Å². The maximum Gasteiger partial charge on any atom is 0.0740 e. The number of nitrogens with one attached hydrogen (secondary N) is 1. The second-order valence-electron chi connectivity index (χ2n) is 5.84. The lowest BCUT2D eigenvalue weighted by Gasteiger charge is -2.24. The molecule has 1 fully saturated rings. The van der Waals surface area contributed by atoms with Crippen molar-refractivity contribution in [1.82, 2.24) is 15.2 Å². The molecule has 2 aromatic rings. The van der Waals surface area contributed by atoms with Crippen LogP contribution in [0.2, 0.25) is 5.02 Å². The number of nitrogens with zero attached hydrogens (tertiary/aromatic N) is 2. The Morgan fingerprint density at radius 1 is 1.30 bits per heavy atom. The highest BCUT2D eigenvalue weighted by Gasteiger charge is 2.25. The lowest BCUT2D eigenvalue weighted by Crippen LogP contribution is -2.36. The summed E-state index contributed by atoms with van der Waals surface area (Å²) in [5.74, 6) is 0. The lowest BCUT2D eigenvalue weighted by atomic mass is 10.1. The summed E-state index contributed by atoms with van der Waals surface area (Å²) in [7, 11) is 2.02. The van der Waals surface area contributed by atoms with E-state index in [4.69, 9.17) is 16.6 Å². The molecule has 0 amide bonds. The van der Waals surface area contributed by atoms with Crippen molar-refractivity contribution in [2.45, 2.75) is 32.4 Å². The fourth-order valence-corrected chi connectivity index (χ4v) is 3.49. The number of hydrogen-bond donors (Lipinski definition) is 1. The molecule has 1 atom stereocenters. The molecule has 1 unspecified atom stereocenters. The molecular weight excluding hydrogens is 353 g/mol. The number of rotatable bonds is 4. The third-order valence-corrected chi connectivity index (χ3v) is 4.94. The molecule has 1 aromatic heterocycles. The Balaban J connectivity index is 0.00000132. The first-order chi connectivity index (χ1) is 10.2. The quantitative estimate of drug-likeness (QED) is 0.865. The smallest absolute Gasteiger partial charge is 0.0740 e. The summed E-state index contributed by atoms with van der Waals surface area (Å²) in [5, 5.41) is 5.26. The normalized spacial score (nSPS) is 17.8. The van der Waals surface area contributed by atoms with Gasteiger partial charge in [0.05, 0.1) is 16.2 Å². The number of aromatic nitrogens is 1. The van der Waals surface area contributed by atoms with E-state index < -0.39 is 0 Å². The first kappa shape index (κ1) is 20.5. The summed E-state index contributed by atoms with van der Waals surface area (Å²) >= 11 is 6.57. The zero-order valence-corrected chi connectivity index (χ0v) is 15.9. The largest absolute Gasteiger partial charge is 0.318 e. The molecule has 6 heteroatoms. The van der Waals surface area contributed by atoms with Crippen LogP contribution < -0.4 is 5.32 Å². The highest BCUT2D eigenvalue weighted by atomic mass is 35.5. The van der Waals surface area contributed by atoms with Crippen LogP contribution in [0.25, 0.3) is 10.9 Å². The molecule has 0 spiro atoms. The number of aryl methyl sites for hydroxylation is 1. The average Bonchev–Trinajstić information content (AvgIpc) is 2.92. The molecule has 1 N–H and O–H groups in total. The van der Waals surface area contributed by atoms with E-state index in [-0.39, 0.29) is 24.8 Å². The Hall–Kier alpha value is -0.580. The maximum atomic E-state index is 6.57. The number of pyridine rings is 1. The zero-order chi connectivity index (χ0) is 14.8. The van der Waals surface area contributed by atoms with Crippen LogP contribution in [0.4, 0.5) is 0 Å². The van der Waals surface area contributed by atoms with Crippen LogP contribution in [0.1, 0.15) is 24.1 Å². The van der Waals surface area contributed by atoms with Crippen LogP contribution in [0, 0.1) is 6.92 Å². The number of benzene rings is 1. The highest BCUT2D eigenvalue weighted by molar-refractivity contribution is 6.32. The Kier molecular flexibility index (Phi) is 8.05. The molecule has 2 heterocycles. The van der Waals surface area contributed by atoms with Gasteiger partial charge in [-0.15, -0.1) is 24.8 Å². The molecule has 1 saturated heterocycles. The third kappa shape index (κ3) is 4.28. The van der Waals surface area contributed by atoms with Crippen molar-refractivity contribution >= 4 is 47.3 Å². The van der Waals surface area contributed by atoms with Gasteiger partial charge in [-0.05, 0) is 45.0 Å². The SMILES string of the molecule is CNCC1CCCN1Cc1nc2ccccc2c(C)c1Cl.Cl.Cl. The molecule has 23 heavy (non-hydrogen) atoms. The molecule has 0 radical (unpaired) electrons. The van der Waals surface area contributed by atoms with Crippen LogP contribution in [0.3, 0.4) is 0 Å². The van der Waals surface area contributed by atoms with Gasteiger partial charge in [0.2, 0.25) is 0 Å². The van der Waals surface area contributed by atoms with Crippen molar-refractivity contribution in [3.05, 3.63) is 40.5 Å². The molecule has 0 bridgehead atoms. The lowest BCUT2D eigenvalue weighted by molar-refractivity contribution is 0.240. The van der Waals surface area contributed by atoms with Crippen molar-refractivity contribution in [2.24, 2.45) is 0 Å². The van der Waals surface area contributed by atoms with Crippen LogP contribution >= 0.6 is 36.4 Å². The molecule has 3 nitrogen and oxygen atoms in total. The van der Waals surface area contributed by atoms with Crippen LogP contribution in [0.5, 0.6) is 0 Å². The standard InChI is InChI=1S/C17H22ClN3.2ClH/c1-12-14-7-3-4-8-15(14)20-16(17(12)18)11-21-9-5-6-13(21)10-19-2;;/h3-4,7-8,13,19H,5-6,9-11H2,1-2H3;2*1H. The predicted octanol–water partition coefficient (Wildman–Crippen LogP) is 4.22. The van der Waals surface area contributed by atoms with Crippen LogP contribution in [0.15, 0.2) is 24.3 Å². The Morgan fingerprint density at radius 3 is 2.78 bits per heavy atom. The van der Waals surface area contributed by atoms with E-state index in [1.54, 1.807) is 0 Å². The van der Waals surface area contributed by atoms with Crippen LogP contribution in [-0.4, -0.2) is 36.1 Å². The fourth-order valence-electron chi connectivity index (χ4n) is 3.28.